The molecule has 6 N–H and O–H groups in total. The summed E-state index contributed by atoms with van der Waals surface area (Å²) in [4.78, 5) is 44.3. The van der Waals surface area contributed by atoms with E-state index in [1.54, 1.807) is 29.0 Å². The van der Waals surface area contributed by atoms with Crippen molar-refractivity contribution in [1.82, 2.24) is 29.8 Å². The van der Waals surface area contributed by atoms with Crippen LogP contribution in [0.4, 0.5) is 5.69 Å². The van der Waals surface area contributed by atoms with Crippen molar-refractivity contribution >= 4 is 29.1 Å². The predicted molar refractivity (Wildman–Crippen MR) is 221 cm³/mol. The third-order valence-electron chi connectivity index (χ3n) is 11.8. The van der Waals surface area contributed by atoms with Crippen LogP contribution in [0.15, 0.2) is 84.8 Å². The zero-order chi connectivity index (χ0) is 40.4. The van der Waals surface area contributed by atoms with Crippen molar-refractivity contribution in [2.75, 3.05) is 57.8 Å². The number of likely N-dealkylation sites (tertiary alicyclic amines) is 2. The fraction of sp³-hybridized carbons (Fsp3) is 0.488. The van der Waals surface area contributed by atoms with Crippen LogP contribution in [0.1, 0.15) is 63.4 Å². The Bertz CT molecular complexity index is 1860. The van der Waals surface area contributed by atoms with Gasteiger partial charge in [0.15, 0.2) is 5.60 Å². The van der Waals surface area contributed by atoms with E-state index in [9.17, 15) is 19.5 Å². The van der Waals surface area contributed by atoms with Gasteiger partial charge in [-0.2, -0.15) is 0 Å². The second-order valence-electron chi connectivity index (χ2n) is 15.7. The molecule has 5 heterocycles. The lowest BCUT2D eigenvalue weighted by molar-refractivity contribution is -0.154. The van der Waals surface area contributed by atoms with Crippen LogP contribution in [-0.4, -0.2) is 112 Å². The molecule has 57 heavy (non-hydrogen) atoms. The molecule has 306 valence electrons. The molecule has 7 rings (SSSR count). The summed E-state index contributed by atoms with van der Waals surface area (Å²) in [5.41, 5.74) is 14.4. The molecule has 0 radical (unpaired) electrons. The lowest BCUT2D eigenvalue weighted by Crippen LogP contribution is -2.60. The summed E-state index contributed by atoms with van der Waals surface area (Å²) < 4.78 is 8.23. The minimum absolute atomic E-state index is 0.00655. The first-order valence-corrected chi connectivity index (χ1v) is 20.3. The number of phenolic OH excluding ortho intramolecular Hbond substituents is 1. The van der Waals surface area contributed by atoms with E-state index in [1.165, 1.54) is 24.7 Å². The standard InChI is InChI=1S/C38H52N8O3.C5H7NO2/c1-42-19-16-36(41-42)49-38(17-24-46(25-18-38)32(27-39)26-34(40)33-10-6-7-11-35(33)47)37(48)43(2)30-14-20-44(21-15-30)28-29-12-22-45(23-13-29)31-8-4-3-5-9-31;7-4-2-1-3-5(8)6-4/h3-11,16,19,26-27,29-30,47H,12-15,17-18,20-25,28,39-40H2,1-2H3;1-3H2,(H,6,7,8)/b32-27+,34-26-;. The number of aromatic nitrogens is 2. The van der Waals surface area contributed by atoms with Crippen molar-refractivity contribution in [2.24, 2.45) is 24.4 Å². The SMILES string of the molecule is CN(C(=O)C1(Oc2ccn(C)n2)CCN(C(/C=C(\N)c2ccccc2O)=C/N)CC1)C1CCN(CC2CCN(c3ccccc3)CC2)CC1.O=C1CCCC(=O)N1. The summed E-state index contributed by atoms with van der Waals surface area (Å²) in [5, 5.41) is 16.9. The molecule has 3 aromatic rings. The molecule has 0 aliphatic carbocycles. The van der Waals surface area contributed by atoms with E-state index in [-0.39, 0.29) is 29.5 Å². The molecule has 14 nitrogen and oxygen atoms in total. The number of likely N-dealkylation sites (N-methyl/N-ethyl adjacent to an activating group) is 1. The largest absolute Gasteiger partial charge is 0.507 e. The number of imide groups is 1. The van der Waals surface area contributed by atoms with Crippen molar-refractivity contribution in [3.8, 4) is 11.6 Å². The Balaban J connectivity index is 0.000000612. The topological polar surface area (TPSA) is 176 Å². The highest BCUT2D eigenvalue weighted by molar-refractivity contribution is 5.97. The van der Waals surface area contributed by atoms with Crippen LogP contribution in [0.3, 0.4) is 0 Å². The number of carbonyl (C=O) groups is 3. The number of aryl methyl sites for hydroxylation is 1. The molecule has 2 aromatic carbocycles. The molecule has 4 fully saturated rings. The van der Waals surface area contributed by atoms with Crippen LogP contribution in [0.2, 0.25) is 0 Å². The number of benzene rings is 2. The van der Waals surface area contributed by atoms with E-state index in [4.69, 9.17) is 16.2 Å². The van der Waals surface area contributed by atoms with Gasteiger partial charge < -0.3 is 40.9 Å². The molecule has 0 atom stereocenters. The third-order valence-corrected chi connectivity index (χ3v) is 11.8. The average molecular weight is 782 g/mol. The molecule has 14 heteroatoms. The number of nitrogens with two attached hydrogens (primary N) is 2. The third kappa shape index (κ3) is 10.7. The lowest BCUT2D eigenvalue weighted by Gasteiger charge is -2.45. The summed E-state index contributed by atoms with van der Waals surface area (Å²) in [6.45, 7) is 6.44. The van der Waals surface area contributed by atoms with E-state index in [2.05, 4.69) is 55.4 Å². The van der Waals surface area contributed by atoms with E-state index in [0.717, 1.165) is 51.3 Å². The maximum absolute atomic E-state index is 14.5. The summed E-state index contributed by atoms with van der Waals surface area (Å²) in [6.07, 6.45) is 12.1. The molecule has 1 aromatic heterocycles. The van der Waals surface area contributed by atoms with Crippen LogP contribution in [0.25, 0.3) is 5.70 Å². The van der Waals surface area contributed by atoms with Gasteiger partial charge >= 0.3 is 0 Å². The number of allylic oxidation sites excluding steroid dienone is 1. The number of rotatable bonds is 10. The number of aromatic hydroxyl groups is 1. The number of nitrogens with one attached hydrogen (secondary N) is 1. The molecule has 0 saturated carbocycles. The van der Waals surface area contributed by atoms with Crippen LogP contribution >= 0.6 is 0 Å². The second kappa shape index (κ2) is 19.1. The maximum atomic E-state index is 14.5. The number of amides is 3. The van der Waals surface area contributed by atoms with E-state index < -0.39 is 5.60 Å². The highest BCUT2D eigenvalue weighted by Gasteiger charge is 2.47. The van der Waals surface area contributed by atoms with Gasteiger partial charge in [-0.15, -0.1) is 5.10 Å². The van der Waals surface area contributed by atoms with Gasteiger partial charge in [-0.05, 0) is 68.4 Å². The number of ether oxygens (including phenoxy) is 1. The van der Waals surface area contributed by atoms with Crippen LogP contribution in [0, 0.1) is 5.92 Å². The fourth-order valence-corrected chi connectivity index (χ4v) is 8.38. The molecule has 4 aliphatic rings. The number of hydrogen-bond acceptors (Lipinski definition) is 11. The number of carbonyl (C=O) groups excluding carboxylic acids is 3. The predicted octanol–water partition coefficient (Wildman–Crippen LogP) is 3.79. The first-order valence-electron chi connectivity index (χ1n) is 20.3. The Morgan fingerprint density at radius 3 is 2.18 bits per heavy atom. The van der Waals surface area contributed by atoms with Crippen LogP contribution in [0.5, 0.6) is 11.6 Å². The van der Waals surface area contributed by atoms with Gasteiger partial charge in [0, 0.05) is 127 Å². The molecular weight excluding hydrogens is 723 g/mol. The number of phenols is 1. The van der Waals surface area contributed by atoms with E-state index in [0.29, 0.717) is 68.3 Å². The minimum atomic E-state index is -1.05. The molecular formula is C43H59N9O5. The smallest absolute Gasteiger partial charge is 0.266 e. The summed E-state index contributed by atoms with van der Waals surface area (Å²) in [5.74, 6) is 1.00. The van der Waals surface area contributed by atoms with Crippen molar-refractivity contribution < 1.29 is 24.2 Å². The zero-order valence-corrected chi connectivity index (χ0v) is 33.4. The van der Waals surface area contributed by atoms with Gasteiger partial charge in [-0.1, -0.05) is 30.3 Å². The second-order valence-corrected chi connectivity index (χ2v) is 15.7. The molecule has 0 bridgehead atoms. The monoisotopic (exact) mass is 781 g/mol. The summed E-state index contributed by atoms with van der Waals surface area (Å²) in [7, 11) is 3.79. The van der Waals surface area contributed by atoms with E-state index >= 15 is 0 Å². The Kier molecular flexibility index (Phi) is 13.8. The van der Waals surface area contributed by atoms with Gasteiger partial charge in [-0.25, -0.2) is 0 Å². The van der Waals surface area contributed by atoms with Gasteiger partial charge in [-0.3, -0.25) is 24.4 Å². The Labute approximate surface area is 336 Å². The molecule has 4 saturated heterocycles. The van der Waals surface area contributed by atoms with Gasteiger partial charge in [0.2, 0.25) is 17.7 Å². The average Bonchev–Trinajstić information content (AvgIpc) is 3.64. The van der Waals surface area contributed by atoms with Crippen molar-refractivity contribution in [1.29, 1.82) is 0 Å². The van der Waals surface area contributed by atoms with Crippen LogP contribution < -0.4 is 26.4 Å². The first-order chi connectivity index (χ1) is 27.5. The number of para-hydroxylation sites is 2. The van der Waals surface area contributed by atoms with Gasteiger partial charge in [0.05, 0.1) is 5.70 Å². The highest BCUT2D eigenvalue weighted by Crippen LogP contribution is 2.34. The quantitative estimate of drug-likeness (QED) is 0.174. The normalized spacial score (nSPS) is 20.0. The molecule has 0 spiro atoms. The zero-order valence-electron chi connectivity index (χ0n) is 33.4. The maximum Gasteiger partial charge on any atom is 0.266 e. The van der Waals surface area contributed by atoms with Gasteiger partial charge in [0.25, 0.3) is 5.91 Å². The fourth-order valence-electron chi connectivity index (χ4n) is 8.38. The Hall–Kier alpha value is -5.50. The Morgan fingerprint density at radius 2 is 1.60 bits per heavy atom. The van der Waals surface area contributed by atoms with Crippen LogP contribution in [-0.2, 0) is 21.4 Å². The molecule has 3 amide bonds. The number of hydrogen-bond donors (Lipinski definition) is 4. The number of piperidine rings is 4. The van der Waals surface area contributed by atoms with Crippen molar-refractivity contribution in [2.45, 2.75) is 69.4 Å². The van der Waals surface area contributed by atoms with Crippen molar-refractivity contribution in [3.05, 3.63) is 90.4 Å². The first kappa shape index (κ1) is 41.1. The van der Waals surface area contributed by atoms with Crippen molar-refractivity contribution in [3.63, 3.8) is 0 Å². The summed E-state index contributed by atoms with van der Waals surface area (Å²) in [6, 6.07) is 19.7. The lowest BCUT2D eigenvalue weighted by atomic mass is 9.87. The summed E-state index contributed by atoms with van der Waals surface area (Å²) >= 11 is 0. The molecule has 4 aliphatic heterocycles. The van der Waals surface area contributed by atoms with E-state index in [1.807, 2.05) is 37.3 Å². The number of anilines is 1. The Morgan fingerprint density at radius 1 is 0.947 bits per heavy atom. The minimum Gasteiger partial charge on any atom is -0.507 e. The highest BCUT2D eigenvalue weighted by atomic mass is 16.5. The van der Waals surface area contributed by atoms with Gasteiger partial charge in [0.1, 0.15) is 5.75 Å². The molecule has 0 unspecified atom stereocenters. The number of nitrogens with zero attached hydrogens (tertiary/aromatic N) is 6.